The first kappa shape index (κ1) is 29.7. The van der Waals surface area contributed by atoms with E-state index in [4.69, 9.17) is 21.1 Å². The van der Waals surface area contributed by atoms with Gasteiger partial charge in [-0.2, -0.15) is 0 Å². The molecule has 1 saturated carbocycles. The molecule has 1 fully saturated rings. The van der Waals surface area contributed by atoms with Crippen LogP contribution in [0.5, 0.6) is 11.6 Å². The van der Waals surface area contributed by atoms with Crippen LogP contribution in [-0.4, -0.2) is 51.8 Å². The van der Waals surface area contributed by atoms with Crippen LogP contribution >= 0.6 is 11.6 Å². The molecule has 0 radical (unpaired) electrons. The van der Waals surface area contributed by atoms with E-state index < -0.39 is 11.6 Å². The average Bonchev–Trinajstić information content (AvgIpc) is 2.87. The molecule has 2 aliphatic rings. The number of aromatic nitrogens is 1. The number of hydrogen-bond donors (Lipinski definition) is 2. The number of carbonyl (C=O) groups is 2. The van der Waals surface area contributed by atoms with E-state index in [1.54, 1.807) is 24.1 Å². The highest BCUT2D eigenvalue weighted by atomic mass is 35.5. The van der Waals surface area contributed by atoms with Gasteiger partial charge >= 0.3 is 6.09 Å². The Labute approximate surface area is 241 Å². The van der Waals surface area contributed by atoms with E-state index in [2.05, 4.69) is 22.5 Å². The number of ether oxygens (including phenoxy) is 2. The fourth-order valence-electron chi connectivity index (χ4n) is 5.86. The summed E-state index contributed by atoms with van der Waals surface area (Å²) in [6.45, 7) is 7.99. The molecule has 2 heterocycles. The van der Waals surface area contributed by atoms with Gasteiger partial charge in [-0.05, 0) is 96.4 Å². The molecule has 0 bridgehead atoms. The summed E-state index contributed by atoms with van der Waals surface area (Å²) < 4.78 is 12.0. The third kappa shape index (κ3) is 6.89. The number of benzene rings is 1. The van der Waals surface area contributed by atoms with Crippen LogP contribution in [0, 0.1) is 6.92 Å². The number of amides is 2. The topological polar surface area (TPSA) is 101 Å². The first-order valence-electron chi connectivity index (χ1n) is 14.0. The summed E-state index contributed by atoms with van der Waals surface area (Å²) in [5.74, 6) is 0.884. The number of methoxy groups -OCH3 is 1. The number of fused-ring (bicyclic) bond motifs is 2. The number of halogens is 1. The van der Waals surface area contributed by atoms with Crippen LogP contribution in [0.4, 0.5) is 4.79 Å². The normalized spacial score (nSPS) is 20.6. The van der Waals surface area contributed by atoms with E-state index in [-0.39, 0.29) is 24.6 Å². The minimum atomic E-state index is -0.893. The Kier molecular flexibility index (Phi) is 9.29. The van der Waals surface area contributed by atoms with Gasteiger partial charge in [0.2, 0.25) is 5.88 Å². The Morgan fingerprint density at radius 3 is 2.50 bits per heavy atom. The fraction of sp³-hybridized carbons (Fsp3) is 0.516. The number of nitrogens with zero attached hydrogens (tertiary/aromatic N) is 2. The van der Waals surface area contributed by atoms with Crippen LogP contribution < -0.4 is 14.8 Å². The highest BCUT2D eigenvalue weighted by Gasteiger charge is 2.36. The molecule has 40 heavy (non-hydrogen) atoms. The second kappa shape index (κ2) is 12.5. The van der Waals surface area contributed by atoms with Crippen molar-refractivity contribution in [3.8, 4) is 11.6 Å². The maximum Gasteiger partial charge on any atom is 0.407 e. The molecular weight excluding hydrogens is 530 g/mol. The lowest BCUT2D eigenvalue weighted by Gasteiger charge is -2.42. The molecule has 1 aromatic heterocycles. The molecule has 0 spiro atoms. The van der Waals surface area contributed by atoms with Gasteiger partial charge in [-0.15, -0.1) is 0 Å². The van der Waals surface area contributed by atoms with E-state index in [9.17, 15) is 14.7 Å². The number of pyridine rings is 1. The van der Waals surface area contributed by atoms with Gasteiger partial charge in [0.15, 0.2) is 0 Å². The average molecular weight is 570 g/mol. The zero-order chi connectivity index (χ0) is 29.0. The number of carboxylic acid groups (broad SMARTS) is 1. The molecule has 0 saturated heterocycles. The molecule has 1 aliphatic carbocycles. The van der Waals surface area contributed by atoms with Crippen LogP contribution in [0.3, 0.4) is 0 Å². The molecule has 2 N–H and O–H groups in total. The van der Waals surface area contributed by atoms with Crippen molar-refractivity contribution in [2.24, 2.45) is 0 Å². The van der Waals surface area contributed by atoms with Crippen molar-refractivity contribution in [3.05, 3.63) is 63.3 Å². The second-order valence-corrected chi connectivity index (χ2v) is 12.0. The van der Waals surface area contributed by atoms with Gasteiger partial charge in [0, 0.05) is 45.5 Å². The summed E-state index contributed by atoms with van der Waals surface area (Å²) in [6.07, 6.45) is 8.27. The van der Waals surface area contributed by atoms with Crippen molar-refractivity contribution < 1.29 is 24.2 Å². The minimum Gasteiger partial charge on any atom is -0.490 e. The molecule has 1 aromatic carbocycles. The lowest BCUT2D eigenvalue weighted by molar-refractivity contribution is 0.0366. The summed E-state index contributed by atoms with van der Waals surface area (Å²) in [6, 6.07) is 5.47. The molecule has 1 aliphatic heterocycles. The van der Waals surface area contributed by atoms with Crippen molar-refractivity contribution in [1.29, 1.82) is 0 Å². The molecule has 0 unspecified atom stereocenters. The molecule has 2 aromatic rings. The first-order valence-corrected chi connectivity index (χ1v) is 14.3. The molecule has 8 nitrogen and oxygen atoms in total. The Morgan fingerprint density at radius 1 is 1.12 bits per heavy atom. The highest BCUT2D eigenvalue weighted by molar-refractivity contribution is 6.31. The standard InChI is InChI=1S/C31H40ClN3O5/c1-19-15-20-9-7-6-8-10-24-25(28(36)33-18-26(20)29(34-19)39-5)16-21(32)17-27(24)40-23-13-11-22(12-14-23)35(30(37)38)31(2,3)4/h6,8,15-17,22-23H,7,9-14,18H2,1-5H3,(H,33,36)(H,37,38)/b8-6-/t22-,23-. The fourth-order valence-corrected chi connectivity index (χ4v) is 6.07. The molecule has 216 valence electrons. The Hall–Kier alpha value is -3.26. The van der Waals surface area contributed by atoms with Crippen LogP contribution in [-0.2, 0) is 19.4 Å². The van der Waals surface area contributed by atoms with Gasteiger partial charge in [0.1, 0.15) is 5.75 Å². The number of nitrogens with one attached hydrogen (secondary N) is 1. The van der Waals surface area contributed by atoms with E-state index in [0.29, 0.717) is 41.5 Å². The van der Waals surface area contributed by atoms with E-state index >= 15 is 0 Å². The lowest BCUT2D eigenvalue weighted by Crippen LogP contribution is -2.52. The number of allylic oxidation sites excluding steroid dienone is 2. The Bertz CT molecular complexity index is 1280. The summed E-state index contributed by atoms with van der Waals surface area (Å²) in [5.41, 5.74) is 3.65. The van der Waals surface area contributed by atoms with Gasteiger partial charge in [0.25, 0.3) is 5.91 Å². The van der Waals surface area contributed by atoms with Crippen LogP contribution in [0.15, 0.2) is 30.4 Å². The van der Waals surface area contributed by atoms with E-state index in [1.165, 1.54) is 0 Å². The maximum absolute atomic E-state index is 13.5. The van der Waals surface area contributed by atoms with Gasteiger partial charge in [0.05, 0.1) is 13.2 Å². The SMILES string of the molecule is COc1nc(C)cc2c1CNC(=O)c1cc(Cl)cc(O[C@H]3CC[C@H](N(C(=O)O)C(C)(C)C)CC3)c1C/C=C\CC2. The number of rotatable bonds is 4. The molecule has 0 atom stereocenters. The third-order valence-corrected chi connectivity index (χ3v) is 7.86. The summed E-state index contributed by atoms with van der Waals surface area (Å²) in [5, 5.41) is 13.3. The first-order chi connectivity index (χ1) is 19.0. The van der Waals surface area contributed by atoms with Gasteiger partial charge in [-0.25, -0.2) is 9.78 Å². The molecule has 4 rings (SSSR count). The smallest absolute Gasteiger partial charge is 0.407 e. The third-order valence-electron chi connectivity index (χ3n) is 7.64. The van der Waals surface area contributed by atoms with Crippen molar-refractivity contribution in [2.45, 2.75) is 96.9 Å². The Balaban J connectivity index is 1.57. The lowest BCUT2D eigenvalue weighted by atomic mass is 9.89. The number of hydrogen-bond acceptors (Lipinski definition) is 5. The van der Waals surface area contributed by atoms with Crippen LogP contribution in [0.25, 0.3) is 0 Å². The highest BCUT2D eigenvalue weighted by Crippen LogP contribution is 2.35. The van der Waals surface area contributed by atoms with Crippen LogP contribution in [0.2, 0.25) is 5.02 Å². The van der Waals surface area contributed by atoms with Crippen molar-refractivity contribution in [2.75, 3.05) is 7.11 Å². The minimum absolute atomic E-state index is 0.0517. The zero-order valence-corrected chi connectivity index (χ0v) is 24.8. The molecule has 2 amide bonds. The number of carbonyl (C=O) groups excluding carboxylic acids is 1. The Morgan fingerprint density at radius 2 is 1.85 bits per heavy atom. The van der Waals surface area contributed by atoms with Gasteiger partial charge in [-0.1, -0.05) is 23.8 Å². The van der Waals surface area contributed by atoms with Gasteiger partial charge < -0.3 is 24.8 Å². The second-order valence-electron chi connectivity index (χ2n) is 11.6. The van der Waals surface area contributed by atoms with Gasteiger partial charge in [-0.3, -0.25) is 4.79 Å². The molecular formula is C31H40ClN3O5. The van der Waals surface area contributed by atoms with E-state index in [1.807, 2.05) is 33.8 Å². The predicted octanol–water partition coefficient (Wildman–Crippen LogP) is 6.50. The van der Waals surface area contributed by atoms with Crippen LogP contribution in [0.1, 0.15) is 85.6 Å². The molecule has 9 heteroatoms. The quantitative estimate of drug-likeness (QED) is 0.408. The van der Waals surface area contributed by atoms with Crippen molar-refractivity contribution in [1.82, 2.24) is 15.2 Å². The predicted molar refractivity (Wildman–Crippen MR) is 156 cm³/mol. The zero-order valence-electron chi connectivity index (χ0n) is 24.1. The summed E-state index contributed by atoms with van der Waals surface area (Å²) >= 11 is 6.51. The largest absolute Gasteiger partial charge is 0.490 e. The van der Waals surface area contributed by atoms with Crippen molar-refractivity contribution in [3.63, 3.8) is 0 Å². The number of aryl methyl sites for hydroxylation is 2. The van der Waals surface area contributed by atoms with Crippen molar-refractivity contribution >= 4 is 23.6 Å². The summed E-state index contributed by atoms with van der Waals surface area (Å²) in [4.78, 5) is 31.5. The summed E-state index contributed by atoms with van der Waals surface area (Å²) in [7, 11) is 1.59. The monoisotopic (exact) mass is 569 g/mol. The maximum atomic E-state index is 13.5. The van der Waals surface area contributed by atoms with E-state index in [0.717, 1.165) is 48.1 Å².